The number of hydrogen-bond donors (Lipinski definition) is 2. The fourth-order valence-electron chi connectivity index (χ4n) is 2.89. The lowest BCUT2D eigenvalue weighted by Crippen LogP contribution is -2.28. The third-order valence-corrected chi connectivity index (χ3v) is 4.43. The van der Waals surface area contributed by atoms with Gasteiger partial charge in [-0.25, -0.2) is 0 Å². The fourth-order valence-corrected chi connectivity index (χ4v) is 2.89. The Balaban J connectivity index is 3.21. The molecule has 0 fully saturated rings. The van der Waals surface area contributed by atoms with Crippen molar-refractivity contribution in [2.24, 2.45) is 0 Å². The van der Waals surface area contributed by atoms with Crippen LogP contribution in [0.15, 0.2) is 24.3 Å². The SMILES string of the molecule is CC(CC=O)(CC(=O)O)c1ccc(C(C)(CC=O)CC(=O)O)cc1. The minimum Gasteiger partial charge on any atom is -0.481 e. The highest BCUT2D eigenvalue weighted by molar-refractivity contribution is 5.71. The van der Waals surface area contributed by atoms with Crippen LogP contribution < -0.4 is 0 Å². The molecule has 2 atom stereocenters. The van der Waals surface area contributed by atoms with Crippen molar-refractivity contribution in [3.05, 3.63) is 35.4 Å². The fraction of sp³-hybridized carbons (Fsp3) is 0.444. The largest absolute Gasteiger partial charge is 0.481 e. The summed E-state index contributed by atoms with van der Waals surface area (Å²) in [6.45, 7) is 3.40. The molecule has 0 heterocycles. The van der Waals surface area contributed by atoms with Gasteiger partial charge in [-0.3, -0.25) is 9.59 Å². The van der Waals surface area contributed by atoms with Gasteiger partial charge in [0.15, 0.2) is 0 Å². The van der Waals surface area contributed by atoms with E-state index in [1.54, 1.807) is 38.1 Å². The van der Waals surface area contributed by atoms with Gasteiger partial charge in [-0.1, -0.05) is 38.1 Å². The van der Waals surface area contributed by atoms with Gasteiger partial charge in [0.1, 0.15) is 12.6 Å². The quantitative estimate of drug-likeness (QED) is 0.636. The van der Waals surface area contributed by atoms with Crippen molar-refractivity contribution in [3.8, 4) is 0 Å². The van der Waals surface area contributed by atoms with Crippen molar-refractivity contribution in [3.63, 3.8) is 0 Å². The standard InChI is InChI=1S/C18H22O6/c1-17(7-9-19,11-15(21)22)13-3-5-14(6-4-13)18(2,8-10-20)12-16(23)24/h3-6,9-10H,7-8,11-12H2,1-2H3,(H,21,22)(H,23,24). The summed E-state index contributed by atoms with van der Waals surface area (Å²) < 4.78 is 0. The molecule has 6 nitrogen and oxygen atoms in total. The molecule has 0 aliphatic heterocycles. The van der Waals surface area contributed by atoms with Gasteiger partial charge in [-0.05, 0) is 11.1 Å². The molecule has 0 saturated carbocycles. The summed E-state index contributed by atoms with van der Waals surface area (Å²) in [7, 11) is 0. The maximum atomic E-state index is 11.1. The second-order valence-electron chi connectivity index (χ2n) is 6.58. The van der Waals surface area contributed by atoms with Crippen molar-refractivity contribution in [1.82, 2.24) is 0 Å². The topological polar surface area (TPSA) is 109 Å². The molecule has 0 spiro atoms. The molecule has 0 aromatic heterocycles. The van der Waals surface area contributed by atoms with Gasteiger partial charge >= 0.3 is 11.9 Å². The average Bonchev–Trinajstić information content (AvgIpc) is 2.46. The van der Waals surface area contributed by atoms with E-state index in [0.29, 0.717) is 23.7 Å². The maximum absolute atomic E-state index is 11.1. The van der Waals surface area contributed by atoms with E-state index < -0.39 is 22.8 Å². The second-order valence-corrected chi connectivity index (χ2v) is 6.58. The van der Waals surface area contributed by atoms with Crippen molar-refractivity contribution in [2.45, 2.75) is 50.4 Å². The van der Waals surface area contributed by atoms with Crippen LogP contribution >= 0.6 is 0 Å². The molecular formula is C18H22O6. The minimum atomic E-state index is -1.000. The molecule has 0 bridgehead atoms. The van der Waals surface area contributed by atoms with Crippen LogP contribution in [0.3, 0.4) is 0 Å². The van der Waals surface area contributed by atoms with E-state index in [4.69, 9.17) is 10.2 Å². The summed E-state index contributed by atoms with van der Waals surface area (Å²) >= 11 is 0. The summed E-state index contributed by atoms with van der Waals surface area (Å²) in [5.74, 6) is -2.00. The summed E-state index contributed by atoms with van der Waals surface area (Å²) in [5.41, 5.74) is -0.297. The molecule has 130 valence electrons. The van der Waals surface area contributed by atoms with Crippen LogP contribution in [0.2, 0.25) is 0 Å². The normalized spacial score (nSPS) is 15.8. The van der Waals surface area contributed by atoms with Crippen LogP contribution in [0.4, 0.5) is 0 Å². The zero-order chi connectivity index (χ0) is 18.4. The van der Waals surface area contributed by atoms with Gasteiger partial charge < -0.3 is 19.8 Å². The van der Waals surface area contributed by atoms with Gasteiger partial charge in [-0.15, -0.1) is 0 Å². The highest BCUT2D eigenvalue weighted by atomic mass is 16.4. The van der Waals surface area contributed by atoms with Crippen molar-refractivity contribution in [2.75, 3.05) is 0 Å². The molecule has 2 unspecified atom stereocenters. The molecule has 2 N–H and O–H groups in total. The summed E-state index contributed by atoms with van der Waals surface area (Å²) in [4.78, 5) is 44.0. The number of aliphatic carboxylic acids is 2. The first-order valence-corrected chi connectivity index (χ1v) is 7.59. The van der Waals surface area contributed by atoms with Gasteiger partial charge in [-0.2, -0.15) is 0 Å². The number of benzene rings is 1. The zero-order valence-electron chi connectivity index (χ0n) is 13.8. The number of carbonyl (C=O) groups excluding carboxylic acids is 2. The Morgan fingerprint density at radius 3 is 1.33 bits per heavy atom. The number of carboxylic acids is 2. The van der Waals surface area contributed by atoms with E-state index in [0.717, 1.165) is 0 Å². The minimum absolute atomic E-state index is 0.0688. The Morgan fingerprint density at radius 2 is 1.12 bits per heavy atom. The van der Waals surface area contributed by atoms with E-state index in [1.165, 1.54) is 0 Å². The Hall–Kier alpha value is -2.50. The van der Waals surface area contributed by atoms with E-state index in [2.05, 4.69) is 0 Å². The van der Waals surface area contributed by atoms with Gasteiger partial charge in [0, 0.05) is 23.7 Å². The summed E-state index contributed by atoms with van der Waals surface area (Å²) in [5, 5.41) is 18.1. The first kappa shape index (κ1) is 19.5. The van der Waals surface area contributed by atoms with Crippen LogP contribution in [0, 0.1) is 0 Å². The zero-order valence-corrected chi connectivity index (χ0v) is 13.8. The van der Waals surface area contributed by atoms with Crippen LogP contribution in [-0.2, 0) is 30.0 Å². The number of carboxylic acid groups (broad SMARTS) is 2. The Morgan fingerprint density at radius 1 is 0.833 bits per heavy atom. The molecule has 0 saturated heterocycles. The van der Waals surface area contributed by atoms with Crippen LogP contribution in [-0.4, -0.2) is 34.7 Å². The van der Waals surface area contributed by atoms with Gasteiger partial charge in [0.2, 0.25) is 0 Å². The van der Waals surface area contributed by atoms with Crippen LogP contribution in [0.5, 0.6) is 0 Å². The molecule has 1 rings (SSSR count). The molecule has 0 amide bonds. The number of aldehydes is 2. The molecule has 0 aliphatic carbocycles. The number of carbonyl (C=O) groups is 4. The van der Waals surface area contributed by atoms with Gasteiger partial charge in [0.25, 0.3) is 0 Å². The molecule has 0 radical (unpaired) electrons. The van der Waals surface area contributed by atoms with Crippen molar-refractivity contribution >= 4 is 24.5 Å². The Kier molecular flexibility index (Phi) is 6.40. The third-order valence-electron chi connectivity index (χ3n) is 4.43. The van der Waals surface area contributed by atoms with Crippen LogP contribution in [0.25, 0.3) is 0 Å². The molecule has 0 aliphatic rings. The lowest BCUT2D eigenvalue weighted by atomic mass is 9.73. The molecule has 1 aromatic carbocycles. The van der Waals surface area contributed by atoms with E-state index in [-0.39, 0.29) is 25.7 Å². The summed E-state index contributed by atoms with van der Waals surface area (Å²) in [6, 6.07) is 6.80. The van der Waals surface area contributed by atoms with Gasteiger partial charge in [0.05, 0.1) is 12.8 Å². The lowest BCUT2D eigenvalue weighted by molar-refractivity contribution is -0.139. The number of hydrogen-bond acceptors (Lipinski definition) is 4. The highest BCUT2D eigenvalue weighted by Crippen LogP contribution is 2.35. The molecule has 1 aromatic rings. The van der Waals surface area contributed by atoms with Crippen LogP contribution in [0.1, 0.15) is 50.7 Å². The monoisotopic (exact) mass is 334 g/mol. The Labute approximate surface area is 140 Å². The third kappa shape index (κ3) is 4.75. The summed E-state index contributed by atoms with van der Waals surface area (Å²) in [6.07, 6.45) is 1.14. The van der Waals surface area contributed by atoms with E-state index in [1.807, 2.05) is 0 Å². The molecular weight excluding hydrogens is 312 g/mol. The second kappa shape index (κ2) is 7.86. The smallest absolute Gasteiger partial charge is 0.304 e. The molecule has 24 heavy (non-hydrogen) atoms. The highest BCUT2D eigenvalue weighted by Gasteiger charge is 2.32. The average molecular weight is 334 g/mol. The van der Waals surface area contributed by atoms with E-state index >= 15 is 0 Å². The maximum Gasteiger partial charge on any atom is 0.304 e. The predicted molar refractivity (Wildman–Crippen MR) is 87.0 cm³/mol. The number of rotatable bonds is 10. The molecule has 6 heteroatoms. The predicted octanol–water partition coefficient (Wildman–Crippen LogP) is 2.33. The lowest BCUT2D eigenvalue weighted by Gasteiger charge is -2.29. The van der Waals surface area contributed by atoms with Crippen molar-refractivity contribution in [1.29, 1.82) is 0 Å². The van der Waals surface area contributed by atoms with Crippen molar-refractivity contribution < 1.29 is 29.4 Å². The first-order chi connectivity index (χ1) is 11.2. The van der Waals surface area contributed by atoms with E-state index in [9.17, 15) is 19.2 Å². The first-order valence-electron chi connectivity index (χ1n) is 7.59. The Bertz CT molecular complexity index is 566.